The lowest BCUT2D eigenvalue weighted by atomic mass is 9.85. The Morgan fingerprint density at radius 1 is 1.14 bits per heavy atom. The van der Waals surface area contributed by atoms with E-state index in [1.54, 1.807) is 0 Å². The minimum atomic E-state index is -0.305. The summed E-state index contributed by atoms with van der Waals surface area (Å²) in [5.74, 6) is 0.454. The highest BCUT2D eigenvalue weighted by molar-refractivity contribution is 5.14. The average Bonchev–Trinajstić information content (AvgIpc) is 2.68. The third kappa shape index (κ3) is 4.69. The molecule has 2 unspecified atom stereocenters. The zero-order valence-corrected chi connectivity index (χ0v) is 13.9. The summed E-state index contributed by atoms with van der Waals surface area (Å²) in [4.78, 5) is 0. The molecule has 2 saturated carbocycles. The van der Waals surface area contributed by atoms with E-state index in [0.29, 0.717) is 18.1 Å². The molecule has 0 spiro atoms. The van der Waals surface area contributed by atoms with Gasteiger partial charge in [0.15, 0.2) is 0 Å². The lowest BCUT2D eigenvalue weighted by molar-refractivity contribution is 0.0312. The van der Waals surface area contributed by atoms with Crippen LogP contribution in [0.5, 0.6) is 0 Å². The molecule has 0 aromatic heterocycles. The van der Waals surface area contributed by atoms with Gasteiger partial charge in [0.2, 0.25) is 0 Å². The van der Waals surface area contributed by atoms with Gasteiger partial charge in [0.1, 0.15) is 5.54 Å². The molecule has 0 radical (unpaired) electrons. The van der Waals surface area contributed by atoms with E-state index < -0.39 is 0 Å². The fourth-order valence-corrected chi connectivity index (χ4v) is 4.14. The molecule has 0 saturated heterocycles. The molecule has 0 aromatic rings. The Kier molecular flexibility index (Phi) is 6.51. The van der Waals surface area contributed by atoms with E-state index in [1.807, 2.05) is 0 Å². The number of hydrogen-bond acceptors (Lipinski definition) is 3. The van der Waals surface area contributed by atoms with Crippen molar-refractivity contribution in [2.24, 2.45) is 5.92 Å². The van der Waals surface area contributed by atoms with Crippen molar-refractivity contribution in [1.29, 1.82) is 5.26 Å². The summed E-state index contributed by atoms with van der Waals surface area (Å²) in [5, 5.41) is 13.2. The number of nitriles is 1. The van der Waals surface area contributed by atoms with Gasteiger partial charge in [0.25, 0.3) is 0 Å². The molecule has 120 valence electrons. The zero-order chi connectivity index (χ0) is 15.1. The SMILES string of the molecule is CC(C)NC1(C#N)CCCC1CCOC1CCCCCC1. The van der Waals surface area contributed by atoms with Gasteiger partial charge in [-0.15, -0.1) is 0 Å². The third-order valence-electron chi connectivity index (χ3n) is 5.19. The fraction of sp³-hybridized carbons (Fsp3) is 0.944. The molecule has 0 amide bonds. The highest BCUT2D eigenvalue weighted by atomic mass is 16.5. The molecule has 2 aliphatic rings. The molecule has 21 heavy (non-hydrogen) atoms. The van der Waals surface area contributed by atoms with E-state index in [9.17, 15) is 5.26 Å². The Labute approximate surface area is 130 Å². The fourth-order valence-electron chi connectivity index (χ4n) is 4.14. The molecule has 2 fully saturated rings. The lowest BCUT2D eigenvalue weighted by Crippen LogP contribution is -2.50. The molecular weight excluding hydrogens is 260 g/mol. The summed E-state index contributed by atoms with van der Waals surface area (Å²) in [5.41, 5.74) is -0.305. The summed E-state index contributed by atoms with van der Waals surface area (Å²) in [7, 11) is 0. The van der Waals surface area contributed by atoms with E-state index in [1.165, 1.54) is 51.4 Å². The van der Waals surface area contributed by atoms with Gasteiger partial charge in [-0.2, -0.15) is 5.26 Å². The van der Waals surface area contributed by atoms with Crippen molar-refractivity contribution in [3.63, 3.8) is 0 Å². The summed E-state index contributed by atoms with van der Waals surface area (Å²) in [6, 6.07) is 2.96. The minimum absolute atomic E-state index is 0.305. The molecule has 2 rings (SSSR count). The highest BCUT2D eigenvalue weighted by Gasteiger charge is 2.43. The van der Waals surface area contributed by atoms with Crippen LogP contribution < -0.4 is 5.32 Å². The number of hydrogen-bond donors (Lipinski definition) is 1. The van der Waals surface area contributed by atoms with Crippen LogP contribution in [-0.4, -0.2) is 24.3 Å². The van der Waals surface area contributed by atoms with Crippen LogP contribution in [0.3, 0.4) is 0 Å². The quantitative estimate of drug-likeness (QED) is 0.747. The summed E-state index contributed by atoms with van der Waals surface area (Å²) < 4.78 is 6.13. The van der Waals surface area contributed by atoms with Gasteiger partial charge in [-0.3, -0.25) is 5.32 Å². The maximum absolute atomic E-state index is 9.67. The Balaban J connectivity index is 1.79. The zero-order valence-electron chi connectivity index (χ0n) is 13.9. The van der Waals surface area contributed by atoms with Crippen LogP contribution in [0.1, 0.15) is 78.1 Å². The van der Waals surface area contributed by atoms with Gasteiger partial charge in [-0.25, -0.2) is 0 Å². The second-order valence-corrected chi connectivity index (χ2v) is 7.24. The van der Waals surface area contributed by atoms with Gasteiger partial charge in [0, 0.05) is 12.6 Å². The first kappa shape index (κ1) is 16.8. The average molecular weight is 292 g/mol. The van der Waals surface area contributed by atoms with Crippen molar-refractivity contribution in [3.05, 3.63) is 0 Å². The van der Waals surface area contributed by atoms with Crippen LogP contribution in [0.2, 0.25) is 0 Å². The standard InChI is InChI=1S/C18H32N2O/c1-15(2)20-18(14-19)12-7-8-16(18)11-13-21-17-9-5-3-4-6-10-17/h15-17,20H,3-13H2,1-2H3. The van der Waals surface area contributed by atoms with Crippen LogP contribution in [0, 0.1) is 17.2 Å². The van der Waals surface area contributed by atoms with Crippen LogP contribution in [0.25, 0.3) is 0 Å². The Morgan fingerprint density at radius 3 is 2.48 bits per heavy atom. The maximum atomic E-state index is 9.67. The molecule has 2 aliphatic carbocycles. The van der Waals surface area contributed by atoms with Crippen molar-refractivity contribution in [1.82, 2.24) is 5.32 Å². The van der Waals surface area contributed by atoms with Crippen molar-refractivity contribution in [2.45, 2.75) is 95.7 Å². The smallest absolute Gasteiger partial charge is 0.109 e. The lowest BCUT2D eigenvalue weighted by Gasteiger charge is -2.32. The molecule has 0 aromatic carbocycles. The Bertz CT molecular complexity index is 342. The van der Waals surface area contributed by atoms with Gasteiger partial charge in [-0.05, 0) is 51.9 Å². The summed E-state index contributed by atoms with van der Waals surface area (Å²) in [6.45, 7) is 5.10. The molecule has 3 nitrogen and oxygen atoms in total. The number of ether oxygens (including phenoxy) is 1. The van der Waals surface area contributed by atoms with Gasteiger partial charge < -0.3 is 4.74 Å². The van der Waals surface area contributed by atoms with Crippen molar-refractivity contribution in [2.75, 3.05) is 6.61 Å². The first-order valence-electron chi connectivity index (χ1n) is 8.97. The van der Waals surface area contributed by atoms with E-state index in [2.05, 4.69) is 25.2 Å². The molecule has 2 atom stereocenters. The number of rotatable bonds is 6. The molecular formula is C18H32N2O. The topological polar surface area (TPSA) is 45.0 Å². The highest BCUT2D eigenvalue weighted by Crippen LogP contribution is 2.38. The van der Waals surface area contributed by atoms with Gasteiger partial charge in [0.05, 0.1) is 12.2 Å². The van der Waals surface area contributed by atoms with Gasteiger partial charge >= 0.3 is 0 Å². The molecule has 0 aliphatic heterocycles. The van der Waals surface area contributed by atoms with Crippen LogP contribution >= 0.6 is 0 Å². The third-order valence-corrected chi connectivity index (χ3v) is 5.19. The minimum Gasteiger partial charge on any atom is -0.378 e. The van der Waals surface area contributed by atoms with Crippen molar-refractivity contribution >= 4 is 0 Å². The second kappa shape index (κ2) is 8.15. The van der Waals surface area contributed by atoms with Gasteiger partial charge in [-0.1, -0.05) is 32.1 Å². The summed E-state index contributed by atoms with van der Waals surface area (Å²) in [6.07, 6.45) is 12.7. The van der Waals surface area contributed by atoms with E-state index in [4.69, 9.17) is 4.74 Å². The molecule has 0 bridgehead atoms. The normalized spacial score (nSPS) is 31.2. The van der Waals surface area contributed by atoms with Crippen molar-refractivity contribution in [3.8, 4) is 6.07 Å². The van der Waals surface area contributed by atoms with E-state index in [-0.39, 0.29) is 5.54 Å². The first-order valence-corrected chi connectivity index (χ1v) is 8.97. The Morgan fingerprint density at radius 2 is 1.86 bits per heavy atom. The number of nitrogens with zero attached hydrogens (tertiary/aromatic N) is 1. The maximum Gasteiger partial charge on any atom is 0.109 e. The van der Waals surface area contributed by atoms with Crippen LogP contribution in [-0.2, 0) is 4.74 Å². The Hall–Kier alpha value is -0.590. The summed E-state index contributed by atoms with van der Waals surface area (Å²) >= 11 is 0. The van der Waals surface area contributed by atoms with Crippen LogP contribution in [0.4, 0.5) is 0 Å². The first-order chi connectivity index (χ1) is 10.2. The molecule has 1 N–H and O–H groups in total. The second-order valence-electron chi connectivity index (χ2n) is 7.24. The number of nitrogens with one attached hydrogen (secondary N) is 1. The van der Waals surface area contributed by atoms with E-state index in [0.717, 1.165) is 19.4 Å². The monoisotopic (exact) mass is 292 g/mol. The predicted octanol–water partition coefficient (Wildman–Crippen LogP) is 4.18. The van der Waals surface area contributed by atoms with E-state index >= 15 is 0 Å². The predicted molar refractivity (Wildman–Crippen MR) is 86.0 cm³/mol. The molecule has 0 heterocycles. The largest absolute Gasteiger partial charge is 0.378 e. The molecule has 3 heteroatoms. The van der Waals surface area contributed by atoms with Crippen molar-refractivity contribution < 1.29 is 4.74 Å². The van der Waals surface area contributed by atoms with Crippen LogP contribution in [0.15, 0.2) is 0 Å².